The number of rotatable bonds is 6. The Bertz CT molecular complexity index is 373. The zero-order valence-electron chi connectivity index (χ0n) is 13.4. The van der Waals surface area contributed by atoms with Gasteiger partial charge in [0, 0.05) is 31.7 Å². The van der Waals surface area contributed by atoms with Crippen molar-refractivity contribution in [3.63, 3.8) is 0 Å². The van der Waals surface area contributed by atoms with Gasteiger partial charge in [0.1, 0.15) is 0 Å². The molecule has 1 heterocycles. The number of hydrogen-bond acceptors (Lipinski definition) is 2. The molecule has 0 bridgehead atoms. The fourth-order valence-corrected chi connectivity index (χ4v) is 3.17. The minimum Gasteiger partial charge on any atom is -0.313 e. The van der Waals surface area contributed by atoms with Gasteiger partial charge < -0.3 is 5.32 Å². The van der Waals surface area contributed by atoms with Gasteiger partial charge >= 0.3 is 0 Å². The Morgan fingerprint density at radius 2 is 1.70 bits per heavy atom. The molecule has 1 unspecified atom stereocenters. The van der Waals surface area contributed by atoms with Gasteiger partial charge in [0.2, 0.25) is 0 Å². The first-order valence-corrected chi connectivity index (χ1v) is 8.25. The molecule has 0 saturated heterocycles. The van der Waals surface area contributed by atoms with Gasteiger partial charge in [-0.25, -0.2) is 0 Å². The Labute approximate surface area is 124 Å². The molecule has 2 heteroatoms. The molecule has 0 fully saturated rings. The quantitative estimate of drug-likeness (QED) is 0.856. The summed E-state index contributed by atoms with van der Waals surface area (Å²) < 4.78 is 0. The Hall–Kier alpha value is -0.860. The standard InChI is InChI=1S/C18H30N2/c1-4-7-18(14-19-15(2)3)20-12-10-16-8-5-6-9-17(16)11-13-20/h5-6,8-9,15,18-19H,4,7,10-14H2,1-3H3. The molecule has 1 atom stereocenters. The molecule has 2 rings (SSSR count). The second kappa shape index (κ2) is 7.80. The predicted octanol–water partition coefficient (Wildman–Crippen LogP) is 3.25. The monoisotopic (exact) mass is 274 g/mol. The third-order valence-electron chi connectivity index (χ3n) is 4.36. The van der Waals surface area contributed by atoms with Crippen molar-refractivity contribution in [1.82, 2.24) is 10.2 Å². The smallest absolute Gasteiger partial charge is 0.0220 e. The summed E-state index contributed by atoms with van der Waals surface area (Å²) >= 11 is 0. The molecule has 0 aromatic heterocycles. The fourth-order valence-electron chi connectivity index (χ4n) is 3.17. The minimum atomic E-state index is 0.582. The van der Waals surface area contributed by atoms with E-state index in [-0.39, 0.29) is 0 Å². The first-order chi connectivity index (χ1) is 9.70. The molecule has 0 radical (unpaired) electrons. The van der Waals surface area contributed by atoms with E-state index in [4.69, 9.17) is 0 Å². The van der Waals surface area contributed by atoms with Gasteiger partial charge in [-0.1, -0.05) is 51.5 Å². The molecule has 1 aliphatic heterocycles. The summed E-state index contributed by atoms with van der Waals surface area (Å²) in [6.07, 6.45) is 4.99. The van der Waals surface area contributed by atoms with E-state index in [1.165, 1.54) is 38.8 Å². The molecule has 20 heavy (non-hydrogen) atoms. The van der Waals surface area contributed by atoms with Crippen molar-refractivity contribution in [3.8, 4) is 0 Å². The molecule has 0 amide bonds. The number of hydrogen-bond donors (Lipinski definition) is 1. The highest BCUT2D eigenvalue weighted by atomic mass is 15.2. The lowest BCUT2D eigenvalue weighted by Crippen LogP contribution is -2.45. The molecular weight excluding hydrogens is 244 g/mol. The maximum Gasteiger partial charge on any atom is 0.0220 e. The average Bonchev–Trinajstić information content (AvgIpc) is 2.66. The lowest BCUT2D eigenvalue weighted by atomic mass is 10.0. The van der Waals surface area contributed by atoms with E-state index in [1.807, 2.05) is 0 Å². The van der Waals surface area contributed by atoms with Crippen molar-refractivity contribution in [1.29, 1.82) is 0 Å². The Morgan fingerprint density at radius 3 is 2.20 bits per heavy atom. The molecule has 0 aliphatic carbocycles. The van der Waals surface area contributed by atoms with E-state index in [1.54, 1.807) is 11.1 Å². The second-order valence-corrected chi connectivity index (χ2v) is 6.31. The molecule has 1 N–H and O–H groups in total. The highest BCUT2D eigenvalue weighted by Crippen LogP contribution is 2.18. The van der Waals surface area contributed by atoms with Crippen molar-refractivity contribution < 1.29 is 0 Å². The summed E-state index contributed by atoms with van der Waals surface area (Å²) in [4.78, 5) is 2.71. The highest BCUT2D eigenvalue weighted by molar-refractivity contribution is 5.28. The predicted molar refractivity (Wildman–Crippen MR) is 87.3 cm³/mol. The Kier molecular flexibility index (Phi) is 6.06. The van der Waals surface area contributed by atoms with Crippen molar-refractivity contribution in [2.75, 3.05) is 19.6 Å². The van der Waals surface area contributed by atoms with Crippen LogP contribution in [0.4, 0.5) is 0 Å². The third-order valence-corrected chi connectivity index (χ3v) is 4.36. The number of fused-ring (bicyclic) bond motifs is 1. The van der Waals surface area contributed by atoms with Crippen molar-refractivity contribution in [2.45, 2.75) is 58.5 Å². The van der Waals surface area contributed by atoms with Crippen LogP contribution in [0.15, 0.2) is 24.3 Å². The van der Waals surface area contributed by atoms with Gasteiger partial charge in [0.25, 0.3) is 0 Å². The lowest BCUT2D eigenvalue weighted by molar-refractivity contribution is 0.187. The van der Waals surface area contributed by atoms with Crippen LogP contribution in [-0.4, -0.2) is 36.6 Å². The summed E-state index contributed by atoms with van der Waals surface area (Å²) in [6, 6.07) is 10.2. The lowest BCUT2D eigenvalue weighted by Gasteiger charge is -2.31. The van der Waals surface area contributed by atoms with Crippen LogP contribution >= 0.6 is 0 Å². The number of nitrogens with zero attached hydrogens (tertiary/aromatic N) is 1. The van der Waals surface area contributed by atoms with Crippen LogP contribution in [-0.2, 0) is 12.8 Å². The second-order valence-electron chi connectivity index (χ2n) is 6.31. The van der Waals surface area contributed by atoms with Gasteiger partial charge in [-0.15, -0.1) is 0 Å². The molecular formula is C18H30N2. The molecule has 1 aromatic rings. The summed E-state index contributed by atoms with van der Waals surface area (Å²) in [5, 5.41) is 3.63. The van der Waals surface area contributed by atoms with E-state index in [9.17, 15) is 0 Å². The summed E-state index contributed by atoms with van der Waals surface area (Å²) in [5.41, 5.74) is 3.11. The molecule has 1 aliphatic rings. The van der Waals surface area contributed by atoms with Crippen LogP contribution in [0.25, 0.3) is 0 Å². The average molecular weight is 274 g/mol. The SMILES string of the molecule is CCCC(CNC(C)C)N1CCc2ccccc2CC1. The zero-order chi connectivity index (χ0) is 14.4. The van der Waals surface area contributed by atoms with Gasteiger partial charge in [-0.05, 0) is 30.4 Å². The Balaban J connectivity index is 1.97. The molecule has 1 aromatic carbocycles. The Morgan fingerprint density at radius 1 is 1.10 bits per heavy atom. The fraction of sp³-hybridized carbons (Fsp3) is 0.667. The van der Waals surface area contributed by atoms with Crippen LogP contribution in [0, 0.1) is 0 Å². The normalized spacial score (nSPS) is 17.8. The molecule has 0 spiro atoms. The van der Waals surface area contributed by atoms with Gasteiger partial charge in [-0.2, -0.15) is 0 Å². The van der Waals surface area contributed by atoms with Gasteiger partial charge in [-0.3, -0.25) is 4.90 Å². The number of benzene rings is 1. The first-order valence-electron chi connectivity index (χ1n) is 8.25. The van der Waals surface area contributed by atoms with Gasteiger partial charge in [0.15, 0.2) is 0 Å². The van der Waals surface area contributed by atoms with Crippen LogP contribution in [0.3, 0.4) is 0 Å². The van der Waals surface area contributed by atoms with Crippen LogP contribution in [0.1, 0.15) is 44.7 Å². The van der Waals surface area contributed by atoms with Crippen LogP contribution in [0.5, 0.6) is 0 Å². The van der Waals surface area contributed by atoms with E-state index >= 15 is 0 Å². The van der Waals surface area contributed by atoms with E-state index in [0.29, 0.717) is 12.1 Å². The van der Waals surface area contributed by atoms with Gasteiger partial charge in [0.05, 0.1) is 0 Å². The molecule has 0 saturated carbocycles. The van der Waals surface area contributed by atoms with E-state index in [2.05, 4.69) is 55.3 Å². The molecule has 112 valence electrons. The highest BCUT2D eigenvalue weighted by Gasteiger charge is 2.20. The molecule has 2 nitrogen and oxygen atoms in total. The largest absolute Gasteiger partial charge is 0.313 e. The van der Waals surface area contributed by atoms with Crippen molar-refractivity contribution in [3.05, 3.63) is 35.4 Å². The van der Waals surface area contributed by atoms with Crippen LogP contribution in [0.2, 0.25) is 0 Å². The van der Waals surface area contributed by atoms with E-state index in [0.717, 1.165) is 6.54 Å². The maximum absolute atomic E-state index is 3.63. The minimum absolute atomic E-state index is 0.582. The summed E-state index contributed by atoms with van der Waals surface area (Å²) in [5.74, 6) is 0. The van der Waals surface area contributed by atoms with Crippen molar-refractivity contribution >= 4 is 0 Å². The summed E-state index contributed by atoms with van der Waals surface area (Å²) in [6.45, 7) is 10.3. The van der Waals surface area contributed by atoms with E-state index < -0.39 is 0 Å². The zero-order valence-corrected chi connectivity index (χ0v) is 13.4. The maximum atomic E-state index is 3.63. The first kappa shape index (κ1) is 15.5. The third kappa shape index (κ3) is 4.32. The van der Waals surface area contributed by atoms with Crippen LogP contribution < -0.4 is 5.32 Å². The topological polar surface area (TPSA) is 15.3 Å². The number of nitrogens with one attached hydrogen (secondary N) is 1. The van der Waals surface area contributed by atoms with Crippen molar-refractivity contribution in [2.24, 2.45) is 0 Å². The summed E-state index contributed by atoms with van der Waals surface area (Å²) in [7, 11) is 0.